The summed E-state index contributed by atoms with van der Waals surface area (Å²) in [6.45, 7) is 3.22. The molecule has 2 unspecified atom stereocenters. The number of nitrogens with one attached hydrogen (secondary N) is 1. The summed E-state index contributed by atoms with van der Waals surface area (Å²) >= 11 is 0. The minimum absolute atomic E-state index is 0.477. The molecule has 1 aliphatic rings. The average molecular weight is 199 g/mol. The van der Waals surface area contributed by atoms with Crippen LogP contribution >= 0.6 is 0 Å². The molecule has 1 fully saturated rings. The van der Waals surface area contributed by atoms with Crippen LogP contribution in [0.4, 0.5) is 0 Å². The standard InChI is InChI=1S/C12H25NO/c1-3-4-5-8-11(13-2)12-9-6-7-10-14-12/h11-13H,3-10H2,1-2H3. The molecule has 0 aromatic heterocycles. The van der Waals surface area contributed by atoms with Crippen molar-refractivity contribution >= 4 is 0 Å². The van der Waals surface area contributed by atoms with Crippen molar-refractivity contribution in [3.63, 3.8) is 0 Å². The Kier molecular flexibility index (Phi) is 6.20. The molecule has 14 heavy (non-hydrogen) atoms. The van der Waals surface area contributed by atoms with Gasteiger partial charge in [0.05, 0.1) is 6.10 Å². The molecule has 1 heterocycles. The highest BCUT2D eigenvalue weighted by Crippen LogP contribution is 2.19. The van der Waals surface area contributed by atoms with Gasteiger partial charge in [0.1, 0.15) is 0 Å². The van der Waals surface area contributed by atoms with Crippen LogP contribution < -0.4 is 5.32 Å². The van der Waals surface area contributed by atoms with Crippen LogP contribution in [0.1, 0.15) is 51.9 Å². The van der Waals surface area contributed by atoms with Crippen LogP contribution in [-0.2, 0) is 4.74 Å². The third-order valence-corrected chi connectivity index (χ3v) is 3.15. The monoisotopic (exact) mass is 199 g/mol. The quantitative estimate of drug-likeness (QED) is 0.664. The van der Waals surface area contributed by atoms with Gasteiger partial charge in [-0.05, 0) is 32.7 Å². The van der Waals surface area contributed by atoms with Gasteiger partial charge in [-0.25, -0.2) is 0 Å². The van der Waals surface area contributed by atoms with Gasteiger partial charge in [0.15, 0.2) is 0 Å². The maximum Gasteiger partial charge on any atom is 0.0727 e. The summed E-state index contributed by atoms with van der Waals surface area (Å²) < 4.78 is 5.80. The van der Waals surface area contributed by atoms with Gasteiger partial charge in [0.2, 0.25) is 0 Å². The van der Waals surface area contributed by atoms with Crippen LogP contribution in [0.2, 0.25) is 0 Å². The molecule has 0 bridgehead atoms. The van der Waals surface area contributed by atoms with Crippen molar-refractivity contribution < 1.29 is 4.74 Å². The first kappa shape index (κ1) is 12.0. The maximum absolute atomic E-state index is 5.80. The Labute approximate surface area is 88.4 Å². The molecule has 0 aliphatic carbocycles. The van der Waals surface area contributed by atoms with Crippen LogP contribution in [-0.4, -0.2) is 25.8 Å². The van der Waals surface area contributed by atoms with Gasteiger partial charge in [-0.15, -0.1) is 0 Å². The lowest BCUT2D eigenvalue weighted by molar-refractivity contribution is -0.00814. The smallest absolute Gasteiger partial charge is 0.0727 e. The van der Waals surface area contributed by atoms with Gasteiger partial charge in [-0.1, -0.05) is 26.2 Å². The first-order valence-electron chi connectivity index (χ1n) is 6.17. The molecule has 0 spiro atoms. The van der Waals surface area contributed by atoms with E-state index in [1.165, 1.54) is 44.9 Å². The third-order valence-electron chi connectivity index (χ3n) is 3.15. The molecule has 0 aromatic rings. The van der Waals surface area contributed by atoms with E-state index in [1.54, 1.807) is 0 Å². The Morgan fingerprint density at radius 1 is 1.36 bits per heavy atom. The molecule has 0 aromatic carbocycles. The van der Waals surface area contributed by atoms with E-state index in [2.05, 4.69) is 19.3 Å². The van der Waals surface area contributed by atoms with Gasteiger partial charge >= 0.3 is 0 Å². The second-order valence-electron chi connectivity index (χ2n) is 4.30. The van der Waals surface area contributed by atoms with Crippen LogP contribution in [0, 0.1) is 0 Å². The summed E-state index contributed by atoms with van der Waals surface area (Å²) in [5.74, 6) is 0. The molecule has 1 rings (SSSR count). The van der Waals surface area contributed by atoms with Crippen molar-refractivity contribution in [1.29, 1.82) is 0 Å². The van der Waals surface area contributed by atoms with Crippen LogP contribution in [0.15, 0.2) is 0 Å². The Bertz CT molecular complexity index is 132. The van der Waals surface area contributed by atoms with E-state index in [4.69, 9.17) is 4.74 Å². The number of hydrogen-bond donors (Lipinski definition) is 1. The number of ether oxygens (including phenoxy) is 1. The molecule has 2 atom stereocenters. The zero-order valence-corrected chi connectivity index (χ0v) is 9.72. The highest BCUT2D eigenvalue weighted by Gasteiger charge is 2.22. The number of likely N-dealkylation sites (N-methyl/N-ethyl adjacent to an activating group) is 1. The van der Waals surface area contributed by atoms with E-state index in [1.807, 2.05) is 0 Å². The molecule has 1 saturated heterocycles. The maximum atomic E-state index is 5.80. The van der Waals surface area contributed by atoms with Gasteiger partial charge in [0.25, 0.3) is 0 Å². The minimum Gasteiger partial charge on any atom is -0.377 e. The van der Waals surface area contributed by atoms with Gasteiger partial charge < -0.3 is 10.1 Å². The lowest BCUT2D eigenvalue weighted by Crippen LogP contribution is -2.41. The summed E-state index contributed by atoms with van der Waals surface area (Å²) in [4.78, 5) is 0. The van der Waals surface area contributed by atoms with Crippen molar-refractivity contribution in [3.05, 3.63) is 0 Å². The van der Waals surface area contributed by atoms with Gasteiger partial charge in [0, 0.05) is 12.6 Å². The zero-order chi connectivity index (χ0) is 10.2. The van der Waals surface area contributed by atoms with E-state index in [0.717, 1.165) is 6.61 Å². The molecule has 84 valence electrons. The second kappa shape index (κ2) is 7.24. The van der Waals surface area contributed by atoms with E-state index in [9.17, 15) is 0 Å². The second-order valence-corrected chi connectivity index (χ2v) is 4.30. The Morgan fingerprint density at radius 2 is 2.21 bits per heavy atom. The molecule has 1 N–H and O–H groups in total. The van der Waals surface area contributed by atoms with E-state index >= 15 is 0 Å². The average Bonchev–Trinajstić information content (AvgIpc) is 2.26. The number of hydrogen-bond acceptors (Lipinski definition) is 2. The van der Waals surface area contributed by atoms with Crippen molar-refractivity contribution in [2.75, 3.05) is 13.7 Å². The van der Waals surface area contributed by atoms with E-state index < -0.39 is 0 Å². The Morgan fingerprint density at radius 3 is 2.79 bits per heavy atom. The summed E-state index contributed by atoms with van der Waals surface area (Å²) in [6.07, 6.45) is 9.59. The van der Waals surface area contributed by atoms with E-state index in [-0.39, 0.29) is 0 Å². The van der Waals surface area contributed by atoms with Gasteiger partial charge in [-0.3, -0.25) is 0 Å². The molecule has 2 nitrogen and oxygen atoms in total. The fourth-order valence-corrected chi connectivity index (χ4v) is 2.21. The number of rotatable bonds is 6. The highest BCUT2D eigenvalue weighted by molar-refractivity contribution is 4.78. The SMILES string of the molecule is CCCCCC(NC)C1CCCCO1. The van der Waals surface area contributed by atoms with Crippen molar-refractivity contribution in [2.24, 2.45) is 0 Å². The van der Waals surface area contributed by atoms with Crippen molar-refractivity contribution in [3.8, 4) is 0 Å². The molecule has 0 radical (unpaired) electrons. The fourth-order valence-electron chi connectivity index (χ4n) is 2.21. The summed E-state index contributed by atoms with van der Waals surface area (Å²) in [5, 5.41) is 3.41. The fraction of sp³-hybridized carbons (Fsp3) is 1.00. The van der Waals surface area contributed by atoms with Crippen LogP contribution in [0.3, 0.4) is 0 Å². The zero-order valence-electron chi connectivity index (χ0n) is 9.72. The van der Waals surface area contributed by atoms with Crippen molar-refractivity contribution in [2.45, 2.75) is 64.0 Å². The Balaban J connectivity index is 2.21. The minimum atomic E-state index is 0.477. The lowest BCUT2D eigenvalue weighted by Gasteiger charge is -2.30. The number of unbranched alkanes of at least 4 members (excludes halogenated alkanes) is 2. The van der Waals surface area contributed by atoms with Crippen molar-refractivity contribution in [1.82, 2.24) is 5.32 Å². The summed E-state index contributed by atoms with van der Waals surface area (Å²) in [7, 11) is 2.06. The molecule has 1 aliphatic heterocycles. The predicted octanol–water partition coefficient (Wildman–Crippen LogP) is 2.72. The lowest BCUT2D eigenvalue weighted by atomic mass is 9.97. The normalized spacial score (nSPS) is 24.9. The summed E-state index contributed by atoms with van der Waals surface area (Å²) in [6, 6.07) is 0.585. The molecule has 2 heteroatoms. The topological polar surface area (TPSA) is 21.3 Å². The Hall–Kier alpha value is -0.0800. The molecule has 0 saturated carbocycles. The van der Waals surface area contributed by atoms with E-state index in [0.29, 0.717) is 12.1 Å². The third kappa shape index (κ3) is 3.97. The largest absolute Gasteiger partial charge is 0.377 e. The van der Waals surface area contributed by atoms with Crippen LogP contribution in [0.25, 0.3) is 0 Å². The predicted molar refractivity (Wildman–Crippen MR) is 60.6 cm³/mol. The molecule has 0 amide bonds. The molecular formula is C12H25NO. The van der Waals surface area contributed by atoms with Gasteiger partial charge in [-0.2, -0.15) is 0 Å². The first-order valence-corrected chi connectivity index (χ1v) is 6.17. The highest BCUT2D eigenvalue weighted by atomic mass is 16.5. The summed E-state index contributed by atoms with van der Waals surface area (Å²) in [5.41, 5.74) is 0. The first-order chi connectivity index (χ1) is 6.88. The van der Waals surface area contributed by atoms with Crippen LogP contribution in [0.5, 0.6) is 0 Å². The molecular weight excluding hydrogens is 174 g/mol.